The van der Waals surface area contributed by atoms with Crippen LogP contribution in [0.3, 0.4) is 0 Å². The van der Waals surface area contributed by atoms with Crippen molar-refractivity contribution >= 4 is 29.0 Å². The van der Waals surface area contributed by atoms with Crippen molar-refractivity contribution < 1.29 is 4.79 Å². The van der Waals surface area contributed by atoms with Crippen LogP contribution >= 0.6 is 11.6 Å². The molecule has 0 saturated carbocycles. The standard InChI is InChI=1S/C18H16ClN3O/c1-13-4-5-14(19)12-17(13)21-18(23)20-15-6-8-16(9-7-15)22-10-2-3-11-22/h2-12H,1H3,(H2,20,21,23). The molecule has 3 aromatic rings. The Balaban J connectivity index is 1.67. The number of halogens is 1. The normalized spacial score (nSPS) is 10.3. The molecule has 2 aromatic carbocycles. The number of hydrogen-bond donors (Lipinski definition) is 2. The molecule has 0 aliphatic carbocycles. The Bertz CT molecular complexity index is 811. The number of anilines is 2. The van der Waals surface area contributed by atoms with E-state index in [1.54, 1.807) is 12.1 Å². The Morgan fingerprint density at radius 3 is 2.39 bits per heavy atom. The molecule has 3 rings (SSSR count). The van der Waals surface area contributed by atoms with Crippen LogP contribution in [0.25, 0.3) is 5.69 Å². The highest BCUT2D eigenvalue weighted by molar-refractivity contribution is 6.31. The zero-order valence-electron chi connectivity index (χ0n) is 12.6. The van der Waals surface area contributed by atoms with Crippen LogP contribution in [0, 0.1) is 6.92 Å². The maximum atomic E-state index is 12.1. The van der Waals surface area contributed by atoms with Crippen LogP contribution < -0.4 is 10.6 Å². The molecule has 0 fully saturated rings. The van der Waals surface area contributed by atoms with E-state index in [4.69, 9.17) is 11.6 Å². The second-order valence-electron chi connectivity index (χ2n) is 5.18. The quantitative estimate of drug-likeness (QED) is 0.692. The fraction of sp³-hybridized carbons (Fsp3) is 0.0556. The summed E-state index contributed by atoms with van der Waals surface area (Å²) in [5, 5.41) is 6.19. The van der Waals surface area contributed by atoms with E-state index in [0.29, 0.717) is 10.7 Å². The number of benzene rings is 2. The second kappa shape index (κ2) is 6.58. The van der Waals surface area contributed by atoms with Gasteiger partial charge in [0.2, 0.25) is 0 Å². The van der Waals surface area contributed by atoms with Crippen LogP contribution in [0.2, 0.25) is 5.02 Å². The average molecular weight is 326 g/mol. The number of amides is 2. The highest BCUT2D eigenvalue weighted by atomic mass is 35.5. The zero-order chi connectivity index (χ0) is 16.2. The van der Waals surface area contributed by atoms with Gasteiger partial charge in [0.05, 0.1) is 0 Å². The Morgan fingerprint density at radius 1 is 1.00 bits per heavy atom. The number of aryl methyl sites for hydroxylation is 1. The van der Waals surface area contributed by atoms with Crippen LogP contribution in [-0.4, -0.2) is 10.6 Å². The minimum Gasteiger partial charge on any atom is -0.324 e. The number of nitrogens with zero attached hydrogens (tertiary/aromatic N) is 1. The fourth-order valence-corrected chi connectivity index (χ4v) is 2.41. The molecule has 23 heavy (non-hydrogen) atoms. The first-order valence-corrected chi connectivity index (χ1v) is 7.57. The third-order valence-corrected chi connectivity index (χ3v) is 3.71. The summed E-state index contributed by atoms with van der Waals surface area (Å²) in [6, 6.07) is 16.6. The van der Waals surface area contributed by atoms with E-state index in [-0.39, 0.29) is 6.03 Å². The van der Waals surface area contributed by atoms with Gasteiger partial charge in [0, 0.05) is 34.5 Å². The monoisotopic (exact) mass is 325 g/mol. The predicted octanol–water partition coefficient (Wildman–Crippen LogP) is 5.08. The molecular weight excluding hydrogens is 310 g/mol. The first-order valence-electron chi connectivity index (χ1n) is 7.19. The van der Waals surface area contributed by atoms with E-state index in [9.17, 15) is 4.79 Å². The number of aromatic nitrogens is 1. The molecule has 116 valence electrons. The first-order chi connectivity index (χ1) is 11.1. The minimum atomic E-state index is -0.302. The largest absolute Gasteiger partial charge is 0.324 e. The van der Waals surface area contributed by atoms with Gasteiger partial charge in [-0.15, -0.1) is 0 Å². The van der Waals surface area contributed by atoms with Crippen molar-refractivity contribution in [2.45, 2.75) is 6.92 Å². The van der Waals surface area contributed by atoms with Crippen LogP contribution in [0.1, 0.15) is 5.56 Å². The zero-order valence-corrected chi connectivity index (χ0v) is 13.3. The Labute approximate surface area is 139 Å². The first kappa shape index (κ1) is 15.2. The van der Waals surface area contributed by atoms with E-state index in [0.717, 1.165) is 16.9 Å². The van der Waals surface area contributed by atoms with Crippen molar-refractivity contribution in [3.8, 4) is 5.69 Å². The number of rotatable bonds is 3. The molecule has 2 amide bonds. The predicted molar refractivity (Wildman–Crippen MR) is 94.6 cm³/mol. The average Bonchev–Trinajstić information content (AvgIpc) is 3.06. The van der Waals surface area contributed by atoms with Gasteiger partial charge in [-0.3, -0.25) is 0 Å². The van der Waals surface area contributed by atoms with Crippen molar-refractivity contribution in [3.05, 3.63) is 77.6 Å². The topological polar surface area (TPSA) is 46.1 Å². The summed E-state index contributed by atoms with van der Waals surface area (Å²) in [6.45, 7) is 1.91. The van der Waals surface area contributed by atoms with Crippen molar-refractivity contribution in [2.24, 2.45) is 0 Å². The minimum absolute atomic E-state index is 0.302. The van der Waals surface area contributed by atoms with Gasteiger partial charge >= 0.3 is 6.03 Å². The van der Waals surface area contributed by atoms with Gasteiger partial charge in [-0.2, -0.15) is 0 Å². The molecule has 0 unspecified atom stereocenters. The molecule has 4 nitrogen and oxygen atoms in total. The molecule has 1 heterocycles. The van der Waals surface area contributed by atoms with Gasteiger partial charge in [-0.05, 0) is 61.0 Å². The lowest BCUT2D eigenvalue weighted by Crippen LogP contribution is -2.19. The van der Waals surface area contributed by atoms with Gasteiger partial charge in [-0.1, -0.05) is 17.7 Å². The van der Waals surface area contributed by atoms with E-state index >= 15 is 0 Å². The molecule has 0 atom stereocenters. The highest BCUT2D eigenvalue weighted by Crippen LogP contribution is 2.20. The summed E-state index contributed by atoms with van der Waals surface area (Å²) in [7, 11) is 0. The second-order valence-corrected chi connectivity index (χ2v) is 5.61. The van der Waals surface area contributed by atoms with Crippen LogP contribution in [-0.2, 0) is 0 Å². The summed E-state index contributed by atoms with van der Waals surface area (Å²) >= 11 is 5.95. The summed E-state index contributed by atoms with van der Waals surface area (Å²) in [5.41, 5.74) is 3.40. The Hall–Kier alpha value is -2.72. The van der Waals surface area contributed by atoms with Gasteiger partial charge in [0.25, 0.3) is 0 Å². The Kier molecular flexibility index (Phi) is 4.35. The highest BCUT2D eigenvalue weighted by Gasteiger charge is 2.06. The van der Waals surface area contributed by atoms with E-state index in [2.05, 4.69) is 10.6 Å². The van der Waals surface area contributed by atoms with Crippen molar-refractivity contribution in [1.82, 2.24) is 4.57 Å². The summed E-state index contributed by atoms with van der Waals surface area (Å²) in [6.07, 6.45) is 3.94. The van der Waals surface area contributed by atoms with Gasteiger partial charge < -0.3 is 15.2 Å². The van der Waals surface area contributed by atoms with E-state index in [1.807, 2.05) is 66.3 Å². The van der Waals surface area contributed by atoms with Gasteiger partial charge in [-0.25, -0.2) is 4.79 Å². The molecule has 0 radical (unpaired) electrons. The van der Waals surface area contributed by atoms with Crippen LogP contribution in [0.15, 0.2) is 67.0 Å². The lowest BCUT2D eigenvalue weighted by atomic mass is 10.2. The van der Waals surface area contributed by atoms with Crippen LogP contribution in [0.5, 0.6) is 0 Å². The molecule has 5 heteroatoms. The van der Waals surface area contributed by atoms with Crippen molar-refractivity contribution in [2.75, 3.05) is 10.6 Å². The van der Waals surface area contributed by atoms with Gasteiger partial charge in [0.1, 0.15) is 0 Å². The number of hydrogen-bond acceptors (Lipinski definition) is 1. The molecule has 0 saturated heterocycles. The SMILES string of the molecule is Cc1ccc(Cl)cc1NC(=O)Nc1ccc(-n2cccc2)cc1. The fourth-order valence-electron chi connectivity index (χ4n) is 2.24. The van der Waals surface area contributed by atoms with E-state index in [1.165, 1.54) is 0 Å². The summed E-state index contributed by atoms with van der Waals surface area (Å²) < 4.78 is 2.00. The molecule has 0 aliphatic heterocycles. The van der Waals surface area contributed by atoms with E-state index < -0.39 is 0 Å². The van der Waals surface area contributed by atoms with Crippen molar-refractivity contribution in [1.29, 1.82) is 0 Å². The van der Waals surface area contributed by atoms with Gasteiger partial charge in [0.15, 0.2) is 0 Å². The third-order valence-electron chi connectivity index (χ3n) is 3.48. The maximum Gasteiger partial charge on any atom is 0.323 e. The number of urea groups is 1. The molecule has 0 bridgehead atoms. The summed E-state index contributed by atoms with van der Waals surface area (Å²) in [4.78, 5) is 12.1. The number of carbonyl (C=O) groups is 1. The maximum absolute atomic E-state index is 12.1. The lowest BCUT2D eigenvalue weighted by molar-refractivity contribution is 0.262. The molecule has 1 aromatic heterocycles. The smallest absolute Gasteiger partial charge is 0.323 e. The summed E-state index contributed by atoms with van der Waals surface area (Å²) in [5.74, 6) is 0. The molecular formula is C18H16ClN3O. The number of nitrogens with one attached hydrogen (secondary N) is 2. The third kappa shape index (κ3) is 3.73. The number of carbonyl (C=O) groups excluding carboxylic acids is 1. The molecule has 0 aliphatic rings. The Morgan fingerprint density at radius 2 is 1.70 bits per heavy atom. The lowest BCUT2D eigenvalue weighted by Gasteiger charge is -2.11. The molecule has 2 N–H and O–H groups in total. The van der Waals surface area contributed by atoms with Crippen LogP contribution in [0.4, 0.5) is 16.2 Å². The van der Waals surface area contributed by atoms with Crippen molar-refractivity contribution in [3.63, 3.8) is 0 Å². The molecule has 0 spiro atoms.